The molecule has 0 bridgehead atoms. The van der Waals surface area contributed by atoms with Gasteiger partial charge >= 0.3 is 0 Å². The Kier molecular flexibility index (Phi) is 5.71. The Labute approximate surface area is 152 Å². The average Bonchev–Trinajstić information content (AvgIpc) is 3.03. The third kappa shape index (κ3) is 4.19. The van der Waals surface area contributed by atoms with Gasteiger partial charge in [0.1, 0.15) is 6.61 Å². The van der Waals surface area contributed by atoms with Gasteiger partial charge in [-0.25, -0.2) is 0 Å². The topological polar surface area (TPSA) is 49.9 Å². The molecular formula is C19H24N2O3S. The van der Waals surface area contributed by atoms with Gasteiger partial charge in [0.2, 0.25) is 11.8 Å². The molecule has 3 rings (SSSR count). The van der Waals surface area contributed by atoms with E-state index in [1.807, 2.05) is 24.1 Å². The molecule has 2 amide bonds. The molecule has 25 heavy (non-hydrogen) atoms. The molecule has 0 spiro atoms. The van der Waals surface area contributed by atoms with Crippen molar-refractivity contribution in [1.29, 1.82) is 0 Å². The van der Waals surface area contributed by atoms with E-state index in [0.29, 0.717) is 19.6 Å². The SMILES string of the molecule is COCC(=O)N1CCC(C(=O)N(C)Cc2cc3ccccc3s2)CC1. The zero-order valence-corrected chi connectivity index (χ0v) is 15.6. The van der Waals surface area contributed by atoms with Crippen LogP contribution in [0.25, 0.3) is 10.1 Å². The Hall–Kier alpha value is -1.92. The number of piperidine rings is 1. The molecule has 0 atom stereocenters. The van der Waals surface area contributed by atoms with Gasteiger partial charge in [0.25, 0.3) is 0 Å². The number of fused-ring (bicyclic) bond motifs is 1. The van der Waals surface area contributed by atoms with Gasteiger partial charge in [-0.3, -0.25) is 9.59 Å². The summed E-state index contributed by atoms with van der Waals surface area (Å²) in [6.07, 6.45) is 1.45. The zero-order chi connectivity index (χ0) is 17.8. The lowest BCUT2D eigenvalue weighted by Crippen LogP contribution is -2.44. The molecule has 1 aromatic heterocycles. The first kappa shape index (κ1) is 17.9. The van der Waals surface area contributed by atoms with Gasteiger partial charge in [-0.2, -0.15) is 0 Å². The van der Waals surface area contributed by atoms with Crippen LogP contribution in [0.2, 0.25) is 0 Å². The quantitative estimate of drug-likeness (QED) is 0.824. The van der Waals surface area contributed by atoms with Crippen LogP contribution >= 0.6 is 11.3 Å². The molecule has 1 aliphatic rings. The number of methoxy groups -OCH3 is 1. The molecule has 1 aliphatic heterocycles. The first-order valence-corrected chi connectivity index (χ1v) is 9.39. The Morgan fingerprint density at radius 2 is 2.00 bits per heavy atom. The molecule has 2 aromatic rings. The third-order valence-corrected chi connectivity index (χ3v) is 5.81. The van der Waals surface area contributed by atoms with Crippen molar-refractivity contribution < 1.29 is 14.3 Å². The van der Waals surface area contributed by atoms with Crippen molar-refractivity contribution in [3.63, 3.8) is 0 Å². The smallest absolute Gasteiger partial charge is 0.248 e. The molecule has 0 unspecified atom stereocenters. The summed E-state index contributed by atoms with van der Waals surface area (Å²) in [5.74, 6) is 0.189. The zero-order valence-electron chi connectivity index (χ0n) is 14.7. The number of benzene rings is 1. The van der Waals surface area contributed by atoms with Crippen LogP contribution in [0.3, 0.4) is 0 Å². The van der Waals surface area contributed by atoms with Crippen LogP contribution in [-0.2, 0) is 20.9 Å². The lowest BCUT2D eigenvalue weighted by atomic mass is 9.95. The maximum Gasteiger partial charge on any atom is 0.248 e. The number of nitrogens with zero attached hydrogens (tertiary/aromatic N) is 2. The van der Waals surface area contributed by atoms with Gasteiger partial charge in [0.15, 0.2) is 0 Å². The van der Waals surface area contributed by atoms with Crippen molar-refractivity contribution in [3.8, 4) is 0 Å². The van der Waals surface area contributed by atoms with E-state index in [0.717, 1.165) is 12.8 Å². The van der Waals surface area contributed by atoms with Crippen LogP contribution < -0.4 is 0 Å². The van der Waals surface area contributed by atoms with Crippen LogP contribution in [0.15, 0.2) is 30.3 Å². The molecule has 134 valence electrons. The standard InChI is InChI=1S/C19H24N2O3S/c1-20(12-16-11-15-5-3-4-6-17(15)25-16)19(23)14-7-9-21(10-8-14)18(22)13-24-2/h3-6,11,14H,7-10,12-13H2,1-2H3. The van der Waals surface area contributed by atoms with Gasteiger partial charge in [-0.1, -0.05) is 18.2 Å². The normalized spacial score (nSPS) is 15.5. The highest BCUT2D eigenvalue weighted by molar-refractivity contribution is 7.19. The molecular weight excluding hydrogens is 336 g/mol. The van der Waals surface area contributed by atoms with Crippen LogP contribution in [0.1, 0.15) is 17.7 Å². The average molecular weight is 360 g/mol. The molecule has 0 radical (unpaired) electrons. The number of amides is 2. The summed E-state index contributed by atoms with van der Waals surface area (Å²) in [4.78, 5) is 29.4. The second kappa shape index (κ2) is 7.97. The Balaban J connectivity index is 1.55. The fourth-order valence-corrected chi connectivity index (χ4v) is 4.45. The van der Waals surface area contributed by atoms with Crippen LogP contribution in [-0.4, -0.2) is 55.5 Å². The Bertz CT molecular complexity index is 717. The summed E-state index contributed by atoms with van der Waals surface area (Å²) in [5, 5.41) is 1.23. The number of rotatable bonds is 5. The predicted octanol–water partition coefficient (Wildman–Crippen LogP) is 2.74. The van der Waals surface area contributed by atoms with Crippen molar-refractivity contribution in [2.24, 2.45) is 5.92 Å². The minimum atomic E-state index is 0.00553. The van der Waals surface area contributed by atoms with E-state index in [1.165, 1.54) is 22.1 Å². The van der Waals surface area contributed by atoms with Crippen molar-refractivity contribution in [3.05, 3.63) is 35.2 Å². The van der Waals surface area contributed by atoms with Gasteiger partial charge < -0.3 is 14.5 Å². The fourth-order valence-electron chi connectivity index (χ4n) is 3.33. The molecule has 2 heterocycles. The van der Waals surface area contributed by atoms with E-state index in [9.17, 15) is 9.59 Å². The third-order valence-electron chi connectivity index (χ3n) is 4.71. The van der Waals surface area contributed by atoms with Gasteiger partial charge in [0, 0.05) is 42.7 Å². The monoisotopic (exact) mass is 360 g/mol. The number of carbonyl (C=O) groups is 2. The van der Waals surface area contributed by atoms with Crippen LogP contribution in [0, 0.1) is 5.92 Å². The minimum Gasteiger partial charge on any atom is -0.375 e. The highest BCUT2D eigenvalue weighted by Crippen LogP contribution is 2.27. The van der Waals surface area contributed by atoms with Crippen molar-refractivity contribution in [1.82, 2.24) is 9.80 Å². The highest BCUT2D eigenvalue weighted by Gasteiger charge is 2.29. The van der Waals surface area contributed by atoms with E-state index < -0.39 is 0 Å². The number of carbonyl (C=O) groups excluding carboxylic acids is 2. The maximum absolute atomic E-state index is 12.7. The highest BCUT2D eigenvalue weighted by atomic mass is 32.1. The number of hydrogen-bond donors (Lipinski definition) is 0. The van der Waals surface area contributed by atoms with E-state index in [4.69, 9.17) is 4.74 Å². The first-order chi connectivity index (χ1) is 12.1. The molecule has 1 fully saturated rings. The number of hydrogen-bond acceptors (Lipinski definition) is 4. The molecule has 0 saturated carbocycles. The number of likely N-dealkylation sites (tertiary alicyclic amines) is 1. The van der Waals surface area contributed by atoms with Gasteiger partial charge in [-0.15, -0.1) is 11.3 Å². The second-order valence-corrected chi connectivity index (χ2v) is 7.70. The molecule has 0 N–H and O–H groups in total. The summed E-state index contributed by atoms with van der Waals surface area (Å²) >= 11 is 1.74. The molecule has 5 nitrogen and oxygen atoms in total. The maximum atomic E-state index is 12.7. The summed E-state index contributed by atoms with van der Waals surface area (Å²) in [6, 6.07) is 10.4. The van der Waals surface area contributed by atoms with E-state index in [1.54, 1.807) is 16.2 Å². The van der Waals surface area contributed by atoms with E-state index in [2.05, 4.69) is 18.2 Å². The Morgan fingerprint density at radius 3 is 2.68 bits per heavy atom. The summed E-state index contributed by atoms with van der Waals surface area (Å²) < 4.78 is 6.15. The molecule has 0 aliphatic carbocycles. The van der Waals surface area contributed by atoms with Crippen molar-refractivity contribution in [2.75, 3.05) is 33.9 Å². The van der Waals surface area contributed by atoms with Crippen LogP contribution in [0.5, 0.6) is 0 Å². The van der Waals surface area contributed by atoms with E-state index >= 15 is 0 Å². The lowest BCUT2D eigenvalue weighted by molar-refractivity contribution is -0.141. The summed E-state index contributed by atoms with van der Waals surface area (Å²) in [6.45, 7) is 2.02. The lowest BCUT2D eigenvalue weighted by Gasteiger charge is -2.33. The predicted molar refractivity (Wildman–Crippen MR) is 99.5 cm³/mol. The second-order valence-electron chi connectivity index (χ2n) is 6.53. The van der Waals surface area contributed by atoms with Crippen molar-refractivity contribution in [2.45, 2.75) is 19.4 Å². The number of ether oxygens (including phenoxy) is 1. The fraction of sp³-hybridized carbons (Fsp3) is 0.474. The van der Waals surface area contributed by atoms with Gasteiger partial charge in [-0.05, 0) is 30.4 Å². The Morgan fingerprint density at radius 1 is 1.28 bits per heavy atom. The molecule has 1 aromatic carbocycles. The van der Waals surface area contributed by atoms with Gasteiger partial charge in [0.05, 0.1) is 6.54 Å². The summed E-state index contributed by atoms with van der Waals surface area (Å²) in [5.41, 5.74) is 0. The van der Waals surface area contributed by atoms with E-state index in [-0.39, 0.29) is 24.3 Å². The largest absolute Gasteiger partial charge is 0.375 e. The summed E-state index contributed by atoms with van der Waals surface area (Å²) in [7, 11) is 3.40. The molecule has 6 heteroatoms. The minimum absolute atomic E-state index is 0.00553. The number of thiophene rings is 1. The van der Waals surface area contributed by atoms with Crippen LogP contribution in [0.4, 0.5) is 0 Å². The first-order valence-electron chi connectivity index (χ1n) is 8.57. The molecule has 1 saturated heterocycles. The van der Waals surface area contributed by atoms with Crippen molar-refractivity contribution >= 4 is 33.2 Å².